The van der Waals surface area contributed by atoms with Crippen LogP contribution in [0, 0.1) is 17.2 Å². The molecule has 2 heterocycles. The number of aromatic nitrogens is 1. The van der Waals surface area contributed by atoms with Crippen LogP contribution in [0.4, 0.5) is 11.5 Å². The first-order valence-electron chi connectivity index (χ1n) is 9.50. The predicted octanol–water partition coefficient (Wildman–Crippen LogP) is 4.76. The third kappa shape index (κ3) is 4.63. The van der Waals surface area contributed by atoms with Crippen LogP contribution in [0.2, 0.25) is 5.02 Å². The van der Waals surface area contributed by atoms with Crippen LogP contribution >= 0.6 is 11.6 Å². The van der Waals surface area contributed by atoms with Gasteiger partial charge in [-0.1, -0.05) is 38.4 Å². The van der Waals surface area contributed by atoms with Gasteiger partial charge in [-0.05, 0) is 48.1 Å². The Labute approximate surface area is 171 Å². The lowest BCUT2D eigenvalue weighted by atomic mass is 9.88. The van der Waals surface area contributed by atoms with E-state index < -0.39 is 0 Å². The van der Waals surface area contributed by atoms with Crippen molar-refractivity contribution in [3.63, 3.8) is 0 Å². The zero-order valence-corrected chi connectivity index (χ0v) is 17.3. The maximum absolute atomic E-state index is 12.6. The van der Waals surface area contributed by atoms with Gasteiger partial charge < -0.3 is 10.2 Å². The summed E-state index contributed by atoms with van der Waals surface area (Å²) < 4.78 is 0. The van der Waals surface area contributed by atoms with Gasteiger partial charge >= 0.3 is 0 Å². The highest BCUT2D eigenvalue weighted by atomic mass is 35.5. The van der Waals surface area contributed by atoms with E-state index >= 15 is 0 Å². The molecule has 5 nitrogen and oxygen atoms in total. The van der Waals surface area contributed by atoms with Crippen LogP contribution in [0.1, 0.15) is 44.7 Å². The SMILES string of the molecule is CC(C)(C)c1ccc(NC(=O)C2CCN(c3ccc(C#N)c(Cl)c3)CC2)nc1. The number of nitrogens with zero attached hydrogens (tertiary/aromatic N) is 3. The average molecular weight is 397 g/mol. The van der Waals surface area contributed by atoms with Crippen molar-refractivity contribution >= 4 is 29.0 Å². The van der Waals surface area contributed by atoms with Crippen LogP contribution in [0.25, 0.3) is 0 Å². The molecule has 0 saturated carbocycles. The Morgan fingerprint density at radius 1 is 1.25 bits per heavy atom. The standard InChI is InChI=1S/C22H25ClN4O/c1-22(2,3)17-5-7-20(25-14-17)26-21(28)15-8-10-27(11-9-15)18-6-4-16(13-24)19(23)12-18/h4-7,12,14-15H,8-11H2,1-3H3,(H,25,26,28). The number of carbonyl (C=O) groups is 1. The molecule has 1 fully saturated rings. The van der Waals surface area contributed by atoms with Crippen molar-refractivity contribution in [1.29, 1.82) is 5.26 Å². The smallest absolute Gasteiger partial charge is 0.228 e. The highest BCUT2D eigenvalue weighted by Gasteiger charge is 2.26. The Hall–Kier alpha value is -2.58. The number of nitriles is 1. The number of anilines is 2. The molecule has 0 atom stereocenters. The molecule has 1 aliphatic rings. The number of benzene rings is 1. The minimum atomic E-state index is -0.0332. The first kappa shape index (κ1) is 20.2. The monoisotopic (exact) mass is 396 g/mol. The second kappa shape index (κ2) is 8.20. The third-order valence-electron chi connectivity index (χ3n) is 5.18. The van der Waals surface area contributed by atoms with E-state index in [-0.39, 0.29) is 17.2 Å². The minimum Gasteiger partial charge on any atom is -0.371 e. The van der Waals surface area contributed by atoms with E-state index in [9.17, 15) is 4.79 Å². The second-order valence-electron chi connectivity index (χ2n) is 8.21. The maximum atomic E-state index is 12.6. The largest absolute Gasteiger partial charge is 0.371 e. The molecule has 146 valence electrons. The van der Waals surface area contributed by atoms with Crippen molar-refractivity contribution < 1.29 is 4.79 Å². The fourth-order valence-electron chi connectivity index (χ4n) is 3.33. The lowest BCUT2D eigenvalue weighted by Crippen LogP contribution is -2.38. The van der Waals surface area contributed by atoms with Gasteiger partial charge in [0.15, 0.2) is 0 Å². The summed E-state index contributed by atoms with van der Waals surface area (Å²) in [5, 5.41) is 12.4. The molecular formula is C22H25ClN4O. The summed E-state index contributed by atoms with van der Waals surface area (Å²) in [6.07, 6.45) is 3.36. The summed E-state index contributed by atoms with van der Waals surface area (Å²) in [6.45, 7) is 7.96. The first-order chi connectivity index (χ1) is 13.3. The van der Waals surface area contributed by atoms with Crippen molar-refractivity contribution in [2.75, 3.05) is 23.3 Å². The molecule has 0 unspecified atom stereocenters. The van der Waals surface area contributed by atoms with E-state index in [4.69, 9.17) is 16.9 Å². The first-order valence-corrected chi connectivity index (χ1v) is 9.88. The Balaban J connectivity index is 1.56. The van der Waals surface area contributed by atoms with Crippen LogP contribution in [0.3, 0.4) is 0 Å². The van der Waals surface area contributed by atoms with Gasteiger partial charge in [-0.25, -0.2) is 4.98 Å². The van der Waals surface area contributed by atoms with E-state index in [1.165, 1.54) is 0 Å². The number of halogens is 1. The van der Waals surface area contributed by atoms with Crippen LogP contribution in [-0.2, 0) is 10.2 Å². The molecule has 1 saturated heterocycles. The zero-order chi connectivity index (χ0) is 20.3. The predicted molar refractivity (Wildman–Crippen MR) is 113 cm³/mol. The Morgan fingerprint density at radius 3 is 2.50 bits per heavy atom. The summed E-state index contributed by atoms with van der Waals surface area (Å²) in [7, 11) is 0. The molecule has 28 heavy (non-hydrogen) atoms. The Morgan fingerprint density at radius 2 is 1.96 bits per heavy atom. The molecule has 6 heteroatoms. The fraction of sp³-hybridized carbons (Fsp3) is 0.409. The molecular weight excluding hydrogens is 372 g/mol. The van der Waals surface area contributed by atoms with Crippen LogP contribution in [-0.4, -0.2) is 24.0 Å². The van der Waals surface area contributed by atoms with Crippen molar-refractivity contribution in [3.05, 3.63) is 52.7 Å². The molecule has 0 bridgehead atoms. The number of rotatable bonds is 3. The lowest BCUT2D eigenvalue weighted by molar-refractivity contribution is -0.120. The maximum Gasteiger partial charge on any atom is 0.228 e. The van der Waals surface area contributed by atoms with Gasteiger partial charge in [0.05, 0.1) is 10.6 Å². The van der Waals surface area contributed by atoms with Gasteiger partial charge in [0.2, 0.25) is 5.91 Å². The number of pyridine rings is 1. The van der Waals surface area contributed by atoms with Gasteiger partial charge in [0, 0.05) is 30.9 Å². The number of amides is 1. The summed E-state index contributed by atoms with van der Waals surface area (Å²) in [5.41, 5.74) is 2.64. The molecule has 1 aliphatic heterocycles. The molecule has 1 aromatic heterocycles. The topological polar surface area (TPSA) is 69.0 Å². The number of carbonyl (C=O) groups excluding carboxylic acids is 1. The van der Waals surface area contributed by atoms with E-state index in [2.05, 4.69) is 42.0 Å². The van der Waals surface area contributed by atoms with E-state index in [0.717, 1.165) is 37.2 Å². The van der Waals surface area contributed by atoms with Crippen molar-refractivity contribution in [1.82, 2.24) is 4.98 Å². The van der Waals surface area contributed by atoms with E-state index in [0.29, 0.717) is 16.4 Å². The van der Waals surface area contributed by atoms with Gasteiger partial charge in [0.25, 0.3) is 0 Å². The number of piperidine rings is 1. The zero-order valence-electron chi connectivity index (χ0n) is 16.5. The molecule has 0 aliphatic carbocycles. The van der Waals surface area contributed by atoms with Crippen LogP contribution in [0.5, 0.6) is 0 Å². The van der Waals surface area contributed by atoms with Crippen molar-refractivity contribution in [2.24, 2.45) is 5.92 Å². The van der Waals surface area contributed by atoms with E-state index in [1.807, 2.05) is 30.5 Å². The van der Waals surface area contributed by atoms with Gasteiger partial charge in [-0.3, -0.25) is 4.79 Å². The second-order valence-corrected chi connectivity index (χ2v) is 8.62. The molecule has 0 spiro atoms. The summed E-state index contributed by atoms with van der Waals surface area (Å²) in [4.78, 5) is 19.2. The number of hydrogen-bond donors (Lipinski definition) is 1. The van der Waals surface area contributed by atoms with Gasteiger partial charge in [-0.2, -0.15) is 5.26 Å². The highest BCUT2D eigenvalue weighted by Crippen LogP contribution is 2.28. The normalized spacial score (nSPS) is 15.2. The van der Waals surface area contributed by atoms with Crippen molar-refractivity contribution in [2.45, 2.75) is 39.0 Å². The average Bonchev–Trinajstić information content (AvgIpc) is 2.67. The molecule has 1 aromatic carbocycles. The molecule has 3 rings (SSSR count). The third-order valence-corrected chi connectivity index (χ3v) is 5.50. The van der Waals surface area contributed by atoms with Gasteiger partial charge in [0.1, 0.15) is 11.9 Å². The summed E-state index contributed by atoms with van der Waals surface area (Å²) >= 11 is 6.14. The fourth-order valence-corrected chi connectivity index (χ4v) is 3.55. The minimum absolute atomic E-state index is 0.0218. The highest BCUT2D eigenvalue weighted by molar-refractivity contribution is 6.32. The van der Waals surface area contributed by atoms with Crippen LogP contribution in [0.15, 0.2) is 36.5 Å². The Bertz CT molecular complexity index is 888. The molecule has 1 amide bonds. The number of hydrogen-bond acceptors (Lipinski definition) is 4. The van der Waals surface area contributed by atoms with E-state index in [1.54, 1.807) is 6.07 Å². The van der Waals surface area contributed by atoms with Gasteiger partial charge in [-0.15, -0.1) is 0 Å². The quantitative estimate of drug-likeness (QED) is 0.812. The molecule has 2 aromatic rings. The Kier molecular flexibility index (Phi) is 5.90. The molecule has 0 radical (unpaired) electrons. The summed E-state index contributed by atoms with van der Waals surface area (Å²) in [5.74, 6) is 0.585. The number of nitrogens with one attached hydrogen (secondary N) is 1. The lowest BCUT2D eigenvalue weighted by Gasteiger charge is -2.33. The summed E-state index contributed by atoms with van der Waals surface area (Å²) in [6, 6.07) is 11.4. The van der Waals surface area contributed by atoms with Crippen molar-refractivity contribution in [3.8, 4) is 6.07 Å². The molecule has 1 N–H and O–H groups in total. The van der Waals surface area contributed by atoms with Crippen LogP contribution < -0.4 is 10.2 Å².